The average molecular weight is 595 g/mol. The molecule has 2 aromatic heterocycles. The molecule has 222 valence electrons. The van der Waals surface area contributed by atoms with Crippen LogP contribution in [0.5, 0.6) is 5.75 Å². The fourth-order valence-corrected chi connectivity index (χ4v) is 5.74. The molecule has 2 aliphatic heterocycles. The maximum absolute atomic E-state index is 13.7. The molecular formula is C30H26F4N6O3. The number of rotatable bonds is 5. The first kappa shape index (κ1) is 28.2. The van der Waals surface area contributed by atoms with Crippen molar-refractivity contribution in [3.05, 3.63) is 90.1 Å². The molecule has 43 heavy (non-hydrogen) atoms. The highest BCUT2D eigenvalue weighted by molar-refractivity contribution is 5.96. The second kappa shape index (κ2) is 10.7. The fraction of sp³-hybridized carbons (Fsp3) is 0.267. The molecule has 2 aromatic carbocycles. The first-order valence-corrected chi connectivity index (χ1v) is 13.5. The number of nitrogens with zero attached hydrogens (tertiary/aromatic N) is 5. The number of ether oxygens (including phenoxy) is 1. The minimum absolute atomic E-state index is 0.135. The summed E-state index contributed by atoms with van der Waals surface area (Å²) in [6.07, 6.45) is -0.910. The van der Waals surface area contributed by atoms with Crippen molar-refractivity contribution in [2.45, 2.75) is 31.7 Å². The summed E-state index contributed by atoms with van der Waals surface area (Å²) in [6.45, 7) is 2.46. The monoisotopic (exact) mass is 594 g/mol. The fourth-order valence-electron chi connectivity index (χ4n) is 5.74. The number of amides is 2. The lowest BCUT2D eigenvalue weighted by atomic mass is 9.85. The summed E-state index contributed by atoms with van der Waals surface area (Å²) in [7, 11) is 0. The molecule has 2 amide bonds. The van der Waals surface area contributed by atoms with Gasteiger partial charge in [-0.2, -0.15) is 5.10 Å². The summed E-state index contributed by atoms with van der Waals surface area (Å²) < 4.78 is 57.4. The number of hydrogen-bond donors (Lipinski definition) is 1. The Hall–Kier alpha value is -4.94. The van der Waals surface area contributed by atoms with Gasteiger partial charge in [0.1, 0.15) is 17.1 Å². The van der Waals surface area contributed by atoms with Crippen LogP contribution in [0.1, 0.15) is 28.9 Å². The Morgan fingerprint density at radius 2 is 1.79 bits per heavy atom. The predicted molar refractivity (Wildman–Crippen MR) is 148 cm³/mol. The van der Waals surface area contributed by atoms with E-state index in [1.54, 1.807) is 54.5 Å². The molecule has 4 heterocycles. The van der Waals surface area contributed by atoms with Crippen molar-refractivity contribution in [3.8, 4) is 22.7 Å². The van der Waals surface area contributed by atoms with E-state index in [1.165, 1.54) is 35.0 Å². The van der Waals surface area contributed by atoms with Crippen LogP contribution >= 0.6 is 0 Å². The van der Waals surface area contributed by atoms with Gasteiger partial charge in [0.05, 0.1) is 18.1 Å². The number of carbonyl (C=O) groups is 2. The minimum Gasteiger partial charge on any atom is -0.406 e. The third-order valence-corrected chi connectivity index (χ3v) is 7.87. The van der Waals surface area contributed by atoms with Gasteiger partial charge < -0.3 is 19.9 Å². The van der Waals surface area contributed by atoms with E-state index in [1.807, 2.05) is 4.90 Å². The van der Waals surface area contributed by atoms with Crippen molar-refractivity contribution in [1.82, 2.24) is 25.0 Å². The number of benzene rings is 2. The van der Waals surface area contributed by atoms with Gasteiger partial charge in [-0.15, -0.1) is 13.2 Å². The third kappa shape index (κ3) is 5.38. The number of piperidine rings is 1. The topological polar surface area (TPSA) is 92.6 Å². The molecule has 0 aliphatic carbocycles. The number of hydrogen-bond acceptors (Lipinski definition) is 6. The van der Waals surface area contributed by atoms with E-state index < -0.39 is 11.9 Å². The van der Waals surface area contributed by atoms with E-state index >= 15 is 0 Å². The first-order valence-electron chi connectivity index (χ1n) is 13.5. The number of carbonyl (C=O) groups excluding carboxylic acids is 2. The molecule has 1 spiro atoms. The Morgan fingerprint density at radius 1 is 1.05 bits per heavy atom. The van der Waals surface area contributed by atoms with E-state index in [4.69, 9.17) is 0 Å². The van der Waals surface area contributed by atoms with Crippen LogP contribution in [0.25, 0.3) is 16.9 Å². The molecular weight excluding hydrogens is 568 g/mol. The molecule has 4 aromatic rings. The summed E-state index contributed by atoms with van der Waals surface area (Å²) in [6, 6.07) is 15.0. The largest absolute Gasteiger partial charge is 0.573 e. The van der Waals surface area contributed by atoms with E-state index in [0.29, 0.717) is 41.0 Å². The van der Waals surface area contributed by atoms with Gasteiger partial charge in [0.2, 0.25) is 5.91 Å². The van der Waals surface area contributed by atoms with Crippen LogP contribution in [0.15, 0.2) is 73.1 Å². The van der Waals surface area contributed by atoms with Gasteiger partial charge in [-0.3, -0.25) is 14.6 Å². The highest BCUT2D eigenvalue weighted by Crippen LogP contribution is 2.37. The average Bonchev–Trinajstić information content (AvgIpc) is 3.55. The highest BCUT2D eigenvalue weighted by Gasteiger charge is 2.51. The van der Waals surface area contributed by atoms with Gasteiger partial charge in [0.15, 0.2) is 5.69 Å². The summed E-state index contributed by atoms with van der Waals surface area (Å²) in [5.74, 6) is -1.23. The Kier molecular flexibility index (Phi) is 7.03. The lowest BCUT2D eigenvalue weighted by molar-refractivity contribution is -0.274. The molecule has 2 saturated heterocycles. The number of halogens is 4. The second-order valence-corrected chi connectivity index (χ2v) is 10.5. The zero-order chi connectivity index (χ0) is 30.4. The van der Waals surface area contributed by atoms with Gasteiger partial charge >= 0.3 is 6.36 Å². The van der Waals surface area contributed by atoms with Crippen LogP contribution in [0.2, 0.25) is 0 Å². The highest BCUT2D eigenvalue weighted by atomic mass is 19.4. The summed E-state index contributed by atoms with van der Waals surface area (Å²) in [4.78, 5) is 34.5. The Bertz CT molecular complexity index is 1670. The van der Waals surface area contributed by atoms with Gasteiger partial charge in [-0.05, 0) is 86.0 Å². The molecule has 0 unspecified atom stereocenters. The maximum atomic E-state index is 13.7. The van der Waals surface area contributed by atoms with E-state index in [-0.39, 0.29) is 48.8 Å². The number of nitrogens with one attached hydrogen (secondary N) is 1. The lowest BCUT2D eigenvalue weighted by Crippen LogP contribution is -2.57. The molecule has 2 aliphatic rings. The number of alkyl halides is 3. The molecule has 0 radical (unpaired) electrons. The second-order valence-electron chi connectivity index (χ2n) is 10.5. The van der Waals surface area contributed by atoms with Crippen molar-refractivity contribution in [2.24, 2.45) is 0 Å². The van der Waals surface area contributed by atoms with Crippen LogP contribution < -0.4 is 15.0 Å². The van der Waals surface area contributed by atoms with E-state index in [2.05, 4.69) is 20.1 Å². The standard InChI is InChI=1S/C30H26F4N6O3/c1-19-15-23(43-30(32,33)34)8-9-25(19)40-26(20-3-2-12-35-17-20)16-24(37-40)27(41)38-13-10-29(11-14-38)28(42)36-18-39(29)22-6-4-21(31)5-7-22/h2-9,12,15-17H,10-11,13-14,18H2,1H3,(H,36,42). The van der Waals surface area contributed by atoms with Crippen LogP contribution in [-0.4, -0.2) is 63.1 Å². The Balaban J connectivity index is 1.28. The lowest BCUT2D eigenvalue weighted by Gasteiger charge is -2.43. The van der Waals surface area contributed by atoms with Crippen LogP contribution in [0.4, 0.5) is 23.2 Å². The molecule has 6 rings (SSSR count). The number of anilines is 1. The summed E-state index contributed by atoms with van der Waals surface area (Å²) >= 11 is 0. The van der Waals surface area contributed by atoms with Gasteiger partial charge in [0, 0.05) is 36.7 Å². The van der Waals surface area contributed by atoms with Crippen LogP contribution in [-0.2, 0) is 4.79 Å². The SMILES string of the molecule is Cc1cc(OC(F)(F)F)ccc1-n1nc(C(=O)N2CCC3(CC2)C(=O)NCN3c2ccc(F)cc2)cc1-c1cccnc1. The first-order chi connectivity index (χ1) is 20.5. The molecule has 2 fully saturated rings. The van der Waals surface area contributed by atoms with E-state index in [0.717, 1.165) is 0 Å². The van der Waals surface area contributed by atoms with Gasteiger partial charge in [0.25, 0.3) is 5.91 Å². The van der Waals surface area contributed by atoms with Crippen molar-refractivity contribution in [2.75, 3.05) is 24.7 Å². The number of pyridine rings is 1. The molecule has 0 bridgehead atoms. The number of aromatic nitrogens is 3. The summed E-state index contributed by atoms with van der Waals surface area (Å²) in [5, 5.41) is 7.47. The van der Waals surface area contributed by atoms with Crippen molar-refractivity contribution >= 4 is 17.5 Å². The number of likely N-dealkylation sites (tertiary alicyclic amines) is 1. The normalized spacial score (nSPS) is 16.4. The van der Waals surface area contributed by atoms with Crippen LogP contribution in [0, 0.1) is 12.7 Å². The van der Waals surface area contributed by atoms with Gasteiger partial charge in [-0.25, -0.2) is 9.07 Å². The quantitative estimate of drug-likeness (QED) is 0.333. The number of aryl methyl sites for hydroxylation is 1. The van der Waals surface area contributed by atoms with Crippen LogP contribution in [0.3, 0.4) is 0 Å². The van der Waals surface area contributed by atoms with Crippen molar-refractivity contribution in [1.29, 1.82) is 0 Å². The molecule has 0 atom stereocenters. The van der Waals surface area contributed by atoms with Gasteiger partial charge in [-0.1, -0.05) is 0 Å². The predicted octanol–water partition coefficient (Wildman–Crippen LogP) is 4.85. The van der Waals surface area contributed by atoms with Crippen molar-refractivity contribution in [3.63, 3.8) is 0 Å². The Labute approximate surface area is 243 Å². The third-order valence-electron chi connectivity index (χ3n) is 7.87. The maximum Gasteiger partial charge on any atom is 0.573 e. The molecule has 13 heteroatoms. The van der Waals surface area contributed by atoms with Crippen molar-refractivity contribution < 1.29 is 31.9 Å². The molecule has 1 N–H and O–H groups in total. The molecule has 0 saturated carbocycles. The summed E-state index contributed by atoms with van der Waals surface area (Å²) in [5.41, 5.74) is 2.06. The molecule has 9 nitrogen and oxygen atoms in total. The smallest absolute Gasteiger partial charge is 0.406 e. The Morgan fingerprint density at radius 3 is 2.44 bits per heavy atom. The zero-order valence-electron chi connectivity index (χ0n) is 22.9. The minimum atomic E-state index is -4.83. The zero-order valence-corrected chi connectivity index (χ0v) is 22.9. The van der Waals surface area contributed by atoms with E-state index in [9.17, 15) is 27.2 Å².